The van der Waals surface area contributed by atoms with Gasteiger partial charge in [0.2, 0.25) is 0 Å². The van der Waals surface area contributed by atoms with Gasteiger partial charge in [-0.3, -0.25) is 0 Å². The van der Waals surface area contributed by atoms with Crippen LogP contribution < -0.4 is 9.47 Å². The van der Waals surface area contributed by atoms with E-state index < -0.39 is 6.29 Å². The van der Waals surface area contributed by atoms with Gasteiger partial charge in [-0.15, -0.1) is 8.78 Å². The third-order valence-corrected chi connectivity index (χ3v) is 4.08. The van der Waals surface area contributed by atoms with Crippen molar-refractivity contribution in [3.63, 3.8) is 0 Å². The van der Waals surface area contributed by atoms with Crippen LogP contribution in [-0.2, 0) is 10.2 Å². The fourth-order valence-electron chi connectivity index (χ4n) is 2.61. The lowest BCUT2D eigenvalue weighted by Crippen LogP contribution is -2.26. The van der Waals surface area contributed by atoms with Crippen molar-refractivity contribution in [1.29, 1.82) is 0 Å². The molecule has 2 atom stereocenters. The van der Waals surface area contributed by atoms with Gasteiger partial charge < -0.3 is 14.2 Å². The van der Waals surface area contributed by atoms with E-state index in [0.717, 1.165) is 18.4 Å². The van der Waals surface area contributed by atoms with E-state index in [2.05, 4.69) is 9.47 Å². The fourth-order valence-corrected chi connectivity index (χ4v) is 2.96. The average molecular weight is 275 g/mol. The van der Waals surface area contributed by atoms with Crippen LogP contribution in [0.1, 0.15) is 18.4 Å². The van der Waals surface area contributed by atoms with Crippen LogP contribution in [0.4, 0.5) is 8.78 Å². The largest absolute Gasteiger partial charge is 0.586 e. The number of hydrogen-bond donors (Lipinski definition) is 0. The second-order valence-corrected chi connectivity index (χ2v) is 5.32. The first kappa shape index (κ1) is 10.8. The van der Waals surface area contributed by atoms with E-state index >= 15 is 0 Å². The fraction of sp³-hybridized carbons (Fsp3) is 0.500. The molecule has 0 N–H and O–H groups in total. The molecule has 1 saturated heterocycles. The maximum Gasteiger partial charge on any atom is 0.586 e. The van der Waals surface area contributed by atoms with Gasteiger partial charge >= 0.3 is 6.29 Å². The highest BCUT2D eigenvalue weighted by Gasteiger charge is 2.62. The van der Waals surface area contributed by atoms with Gasteiger partial charge in [0.25, 0.3) is 0 Å². The molecule has 4 rings (SSSR count). The van der Waals surface area contributed by atoms with Gasteiger partial charge in [-0.25, -0.2) is 0 Å². The molecule has 6 heteroatoms. The van der Waals surface area contributed by atoms with E-state index in [9.17, 15) is 8.78 Å². The molecular formula is C12H9ClF2O3. The van der Waals surface area contributed by atoms with E-state index in [1.54, 1.807) is 12.1 Å². The Balaban J connectivity index is 1.69. The molecule has 0 aromatic heterocycles. The van der Waals surface area contributed by atoms with Crippen LogP contribution in [0.3, 0.4) is 0 Å². The number of alkyl halides is 3. The molecular weight excluding hydrogens is 266 g/mol. The predicted octanol–water partition coefficient (Wildman–Crippen LogP) is 3.00. The van der Waals surface area contributed by atoms with Crippen molar-refractivity contribution in [1.82, 2.24) is 0 Å². The van der Waals surface area contributed by atoms with Crippen molar-refractivity contribution in [3.05, 3.63) is 23.8 Å². The van der Waals surface area contributed by atoms with Crippen LogP contribution in [0.15, 0.2) is 18.2 Å². The highest BCUT2D eigenvalue weighted by Crippen LogP contribution is 2.60. The average Bonchev–Trinajstić information content (AvgIpc) is 3.16. The Kier molecular flexibility index (Phi) is 1.85. The smallest absolute Gasteiger partial charge is 0.395 e. The summed E-state index contributed by atoms with van der Waals surface area (Å²) in [5.74, 6) is 0.147. The van der Waals surface area contributed by atoms with Crippen LogP contribution in [0.2, 0.25) is 0 Å². The summed E-state index contributed by atoms with van der Waals surface area (Å²) in [5, 5.41) is 0. The third kappa shape index (κ3) is 1.44. The monoisotopic (exact) mass is 274 g/mol. The number of ether oxygens (including phenoxy) is 3. The summed E-state index contributed by atoms with van der Waals surface area (Å²) < 4.78 is 40.0. The van der Waals surface area contributed by atoms with Crippen LogP contribution in [0, 0.1) is 0 Å². The minimum atomic E-state index is -3.57. The SMILES string of the molecule is FC1(F)Oc2ccc(C3(C4OC4Cl)CC3)cc2O1. The maximum absolute atomic E-state index is 12.9. The van der Waals surface area contributed by atoms with E-state index in [4.69, 9.17) is 16.3 Å². The molecule has 2 unspecified atom stereocenters. The first-order valence-corrected chi connectivity index (χ1v) is 6.14. The Labute approximate surface area is 107 Å². The molecule has 0 amide bonds. The molecule has 3 aliphatic rings. The summed E-state index contributed by atoms with van der Waals surface area (Å²) in [5.41, 5.74) is 0.540. The van der Waals surface area contributed by atoms with Gasteiger partial charge in [0.1, 0.15) is 6.10 Å². The molecule has 3 nitrogen and oxygen atoms in total. The van der Waals surface area contributed by atoms with Crippen molar-refractivity contribution in [2.45, 2.75) is 36.2 Å². The zero-order valence-corrected chi connectivity index (χ0v) is 9.92. The molecule has 1 aromatic rings. The highest BCUT2D eigenvalue weighted by molar-refractivity contribution is 6.21. The van der Waals surface area contributed by atoms with Gasteiger partial charge in [-0.2, -0.15) is 0 Å². The van der Waals surface area contributed by atoms with Gasteiger partial charge in [-0.1, -0.05) is 17.7 Å². The Morgan fingerprint density at radius 1 is 1.17 bits per heavy atom. The van der Waals surface area contributed by atoms with Crippen molar-refractivity contribution >= 4 is 11.6 Å². The summed E-state index contributed by atoms with van der Waals surface area (Å²) in [6.45, 7) is 0. The lowest BCUT2D eigenvalue weighted by atomic mass is 9.92. The zero-order valence-electron chi connectivity index (χ0n) is 9.16. The summed E-state index contributed by atoms with van der Waals surface area (Å²) in [6.07, 6.45) is -1.67. The second kappa shape index (κ2) is 3.08. The summed E-state index contributed by atoms with van der Waals surface area (Å²) >= 11 is 5.89. The van der Waals surface area contributed by atoms with Crippen molar-refractivity contribution in [3.8, 4) is 11.5 Å². The number of benzene rings is 1. The molecule has 2 fully saturated rings. The molecule has 0 spiro atoms. The van der Waals surface area contributed by atoms with E-state index in [1.165, 1.54) is 6.07 Å². The molecule has 1 aromatic carbocycles. The normalized spacial score (nSPS) is 33.3. The molecule has 0 bridgehead atoms. The van der Waals surface area contributed by atoms with Crippen molar-refractivity contribution in [2.75, 3.05) is 0 Å². The summed E-state index contributed by atoms with van der Waals surface area (Å²) in [4.78, 5) is 0. The van der Waals surface area contributed by atoms with Gasteiger partial charge in [0.15, 0.2) is 17.1 Å². The first-order valence-electron chi connectivity index (χ1n) is 5.70. The Morgan fingerprint density at radius 3 is 2.44 bits per heavy atom. The Hall–Kier alpha value is -1.07. The molecule has 2 aliphatic heterocycles. The van der Waals surface area contributed by atoms with Gasteiger partial charge in [0, 0.05) is 5.41 Å². The number of fused-ring (bicyclic) bond motifs is 1. The zero-order chi connectivity index (χ0) is 12.5. The second-order valence-electron chi connectivity index (χ2n) is 4.89. The van der Waals surface area contributed by atoms with E-state index in [1.807, 2.05) is 0 Å². The molecule has 18 heavy (non-hydrogen) atoms. The van der Waals surface area contributed by atoms with Gasteiger partial charge in [-0.05, 0) is 30.5 Å². The number of hydrogen-bond acceptors (Lipinski definition) is 3. The topological polar surface area (TPSA) is 31.0 Å². The molecule has 0 radical (unpaired) electrons. The minimum Gasteiger partial charge on any atom is -0.395 e. The summed E-state index contributed by atoms with van der Waals surface area (Å²) in [6, 6.07) is 4.90. The number of epoxide rings is 1. The molecule has 2 heterocycles. The standard InChI is InChI=1S/C12H9ClF2O3/c13-10-9(16-10)11(3-4-11)6-1-2-7-8(5-6)18-12(14,15)17-7/h1-2,5,9-10H,3-4H2. The molecule has 1 aliphatic carbocycles. The predicted molar refractivity (Wildman–Crippen MR) is 58.1 cm³/mol. The van der Waals surface area contributed by atoms with Crippen LogP contribution in [-0.4, -0.2) is 18.0 Å². The van der Waals surface area contributed by atoms with Crippen molar-refractivity contribution < 1.29 is 23.0 Å². The van der Waals surface area contributed by atoms with Gasteiger partial charge in [0.05, 0.1) is 0 Å². The van der Waals surface area contributed by atoms with Crippen LogP contribution >= 0.6 is 11.6 Å². The Morgan fingerprint density at radius 2 is 1.83 bits per heavy atom. The first-order chi connectivity index (χ1) is 8.50. The third-order valence-electron chi connectivity index (χ3n) is 3.75. The minimum absolute atomic E-state index is 0.0138. The summed E-state index contributed by atoms with van der Waals surface area (Å²) in [7, 11) is 0. The maximum atomic E-state index is 12.9. The highest BCUT2D eigenvalue weighted by atomic mass is 35.5. The van der Waals surface area contributed by atoms with E-state index in [-0.39, 0.29) is 28.6 Å². The lowest BCUT2D eigenvalue weighted by Gasteiger charge is -2.12. The number of halogens is 3. The van der Waals surface area contributed by atoms with Crippen LogP contribution in [0.5, 0.6) is 11.5 Å². The van der Waals surface area contributed by atoms with Crippen LogP contribution in [0.25, 0.3) is 0 Å². The molecule has 1 saturated carbocycles. The van der Waals surface area contributed by atoms with E-state index in [0.29, 0.717) is 0 Å². The number of rotatable bonds is 2. The lowest BCUT2D eigenvalue weighted by molar-refractivity contribution is -0.286. The quantitative estimate of drug-likeness (QED) is 0.614. The van der Waals surface area contributed by atoms with Crippen molar-refractivity contribution in [2.24, 2.45) is 0 Å². The molecule has 96 valence electrons. The Bertz CT molecular complexity index is 530.